The zero-order valence-electron chi connectivity index (χ0n) is 26.7. The first-order valence-electron chi connectivity index (χ1n) is 14.5. The Bertz CT molecular complexity index is 1180. The van der Waals surface area contributed by atoms with E-state index in [2.05, 4.69) is 5.32 Å². The maximum atomic E-state index is 13.8. The third-order valence-electron chi connectivity index (χ3n) is 6.86. The SMILES string of the molecule is COC(=O)c1ccc2c(c1)[C@@H]1[C@@H](CCN1C(=O)OC(C)(C)C)[C@H](CCCNC(=O)OC(C)(C)C)N2C(=O)OC(C)(C)C. The van der Waals surface area contributed by atoms with Gasteiger partial charge < -0.3 is 29.2 Å². The molecule has 42 heavy (non-hydrogen) atoms. The molecular weight excluding hydrogens is 542 g/mol. The number of anilines is 1. The molecule has 11 nitrogen and oxygen atoms in total. The summed E-state index contributed by atoms with van der Waals surface area (Å²) in [6.07, 6.45) is 0.195. The summed E-state index contributed by atoms with van der Waals surface area (Å²) in [7, 11) is 1.31. The first-order chi connectivity index (χ1) is 19.3. The van der Waals surface area contributed by atoms with Gasteiger partial charge in [-0.2, -0.15) is 0 Å². The van der Waals surface area contributed by atoms with Crippen LogP contribution in [0.1, 0.15) is 104 Å². The highest BCUT2D eigenvalue weighted by Gasteiger charge is 2.51. The van der Waals surface area contributed by atoms with Crippen LogP contribution in [0.3, 0.4) is 0 Å². The zero-order valence-corrected chi connectivity index (χ0v) is 26.7. The van der Waals surface area contributed by atoms with Gasteiger partial charge in [0.2, 0.25) is 0 Å². The smallest absolute Gasteiger partial charge is 0.415 e. The van der Waals surface area contributed by atoms with Gasteiger partial charge in [0.05, 0.1) is 24.4 Å². The van der Waals surface area contributed by atoms with E-state index in [1.165, 1.54) is 7.11 Å². The van der Waals surface area contributed by atoms with Gasteiger partial charge >= 0.3 is 24.2 Å². The standard InChI is InChI=1S/C31H47N3O8/c1-29(2,3)40-26(36)32-16-11-12-22-20-15-17-33(27(37)41-30(4,5)6)24(20)21-18-19(25(35)39-10)13-14-23(21)34(22)28(38)42-31(7,8)9/h13-14,18,20,22,24H,11-12,15-17H2,1-10H3,(H,32,36)/t20-,22-,24-/m0/s1. The summed E-state index contributed by atoms with van der Waals surface area (Å²) in [4.78, 5) is 55.2. The van der Waals surface area contributed by atoms with Crippen LogP contribution < -0.4 is 10.2 Å². The summed E-state index contributed by atoms with van der Waals surface area (Å²) in [6.45, 7) is 17.0. The molecule has 0 aliphatic carbocycles. The molecule has 2 aliphatic heterocycles. The van der Waals surface area contributed by atoms with Crippen LogP contribution in [0, 0.1) is 5.92 Å². The fourth-order valence-corrected chi connectivity index (χ4v) is 5.47. The molecular formula is C31H47N3O8. The normalized spacial score (nSPS) is 20.3. The fourth-order valence-electron chi connectivity index (χ4n) is 5.47. The van der Waals surface area contributed by atoms with Crippen molar-refractivity contribution in [3.8, 4) is 0 Å². The topological polar surface area (TPSA) is 124 Å². The lowest BCUT2D eigenvalue weighted by Crippen LogP contribution is -2.52. The van der Waals surface area contributed by atoms with E-state index in [0.29, 0.717) is 49.2 Å². The maximum Gasteiger partial charge on any atom is 0.415 e. The molecule has 2 heterocycles. The van der Waals surface area contributed by atoms with E-state index in [0.717, 1.165) is 0 Å². The van der Waals surface area contributed by atoms with Crippen LogP contribution in [0.25, 0.3) is 0 Å². The monoisotopic (exact) mass is 589 g/mol. The predicted octanol–water partition coefficient (Wildman–Crippen LogP) is 6.20. The number of hydrogen-bond acceptors (Lipinski definition) is 8. The van der Waals surface area contributed by atoms with Gasteiger partial charge in [-0.15, -0.1) is 0 Å². The van der Waals surface area contributed by atoms with Crippen LogP contribution in [0.5, 0.6) is 0 Å². The quantitative estimate of drug-likeness (QED) is 0.245. The molecule has 3 atom stereocenters. The minimum absolute atomic E-state index is 0.174. The number of fused-ring (bicyclic) bond motifs is 3. The molecule has 0 radical (unpaired) electrons. The highest BCUT2D eigenvalue weighted by molar-refractivity contribution is 5.94. The second kappa shape index (κ2) is 12.4. The predicted molar refractivity (Wildman–Crippen MR) is 158 cm³/mol. The minimum Gasteiger partial charge on any atom is -0.465 e. The number of hydrogen-bond donors (Lipinski definition) is 1. The average molecular weight is 590 g/mol. The van der Waals surface area contributed by atoms with Gasteiger partial charge in [-0.1, -0.05) is 0 Å². The molecule has 3 amide bonds. The Hall–Kier alpha value is -3.50. The molecule has 0 aromatic heterocycles. The summed E-state index contributed by atoms with van der Waals surface area (Å²) in [6, 6.07) is 4.21. The molecule has 1 N–H and O–H groups in total. The van der Waals surface area contributed by atoms with Gasteiger partial charge in [0.25, 0.3) is 0 Å². The molecule has 1 fully saturated rings. The second-order valence-electron chi connectivity index (χ2n) is 13.8. The highest BCUT2D eigenvalue weighted by Crippen LogP contribution is 2.51. The van der Waals surface area contributed by atoms with Crippen molar-refractivity contribution in [1.82, 2.24) is 10.2 Å². The number of benzene rings is 1. The molecule has 2 aliphatic rings. The summed E-state index contributed by atoms with van der Waals surface area (Å²) in [5.74, 6) is -0.692. The summed E-state index contributed by atoms with van der Waals surface area (Å²) >= 11 is 0. The molecule has 0 bridgehead atoms. The molecule has 0 spiro atoms. The van der Waals surface area contributed by atoms with Gasteiger partial charge in [-0.05, 0) is 105 Å². The molecule has 0 saturated carbocycles. The van der Waals surface area contributed by atoms with Crippen molar-refractivity contribution in [3.05, 3.63) is 29.3 Å². The van der Waals surface area contributed by atoms with Crippen molar-refractivity contribution in [2.75, 3.05) is 25.1 Å². The number of likely N-dealkylation sites (tertiary alicyclic amines) is 1. The fraction of sp³-hybridized carbons (Fsp3) is 0.677. The Morgan fingerprint density at radius 3 is 2.05 bits per heavy atom. The molecule has 1 aromatic carbocycles. The largest absolute Gasteiger partial charge is 0.465 e. The van der Waals surface area contributed by atoms with E-state index in [1.807, 2.05) is 20.8 Å². The van der Waals surface area contributed by atoms with Crippen molar-refractivity contribution in [1.29, 1.82) is 0 Å². The van der Waals surface area contributed by atoms with E-state index in [-0.39, 0.29) is 12.0 Å². The van der Waals surface area contributed by atoms with Crippen molar-refractivity contribution in [3.63, 3.8) is 0 Å². The molecule has 11 heteroatoms. The van der Waals surface area contributed by atoms with Gasteiger partial charge in [0, 0.05) is 25.0 Å². The third-order valence-corrected chi connectivity index (χ3v) is 6.86. The number of rotatable bonds is 5. The Kier molecular flexibility index (Phi) is 9.74. The van der Waals surface area contributed by atoms with Crippen LogP contribution in [0.15, 0.2) is 18.2 Å². The first-order valence-corrected chi connectivity index (χ1v) is 14.5. The van der Waals surface area contributed by atoms with E-state index < -0.39 is 47.1 Å². The number of carbonyl (C=O) groups is 4. The Morgan fingerprint density at radius 1 is 0.881 bits per heavy atom. The van der Waals surface area contributed by atoms with Gasteiger partial charge in [0.15, 0.2) is 0 Å². The average Bonchev–Trinajstić information content (AvgIpc) is 3.28. The van der Waals surface area contributed by atoms with Crippen molar-refractivity contribution in [2.45, 2.75) is 110 Å². The number of nitrogens with one attached hydrogen (secondary N) is 1. The van der Waals surface area contributed by atoms with Crippen LogP contribution in [-0.2, 0) is 18.9 Å². The van der Waals surface area contributed by atoms with Crippen LogP contribution in [0.2, 0.25) is 0 Å². The number of ether oxygens (including phenoxy) is 4. The van der Waals surface area contributed by atoms with Crippen LogP contribution in [-0.4, -0.2) is 72.2 Å². The lowest BCUT2D eigenvalue weighted by Gasteiger charge is -2.45. The number of carbonyl (C=O) groups excluding carboxylic acids is 4. The Labute approximate surface area is 249 Å². The summed E-state index contributed by atoms with van der Waals surface area (Å²) in [5, 5.41) is 2.79. The molecule has 1 saturated heterocycles. The number of esters is 1. The van der Waals surface area contributed by atoms with Gasteiger partial charge in [0.1, 0.15) is 16.8 Å². The van der Waals surface area contributed by atoms with Gasteiger partial charge in [-0.3, -0.25) is 4.90 Å². The third kappa shape index (κ3) is 8.29. The van der Waals surface area contributed by atoms with Crippen LogP contribution in [0.4, 0.5) is 20.1 Å². The number of amides is 3. The van der Waals surface area contributed by atoms with E-state index in [1.54, 1.807) is 69.5 Å². The number of alkyl carbamates (subject to hydrolysis) is 1. The van der Waals surface area contributed by atoms with Gasteiger partial charge in [-0.25, -0.2) is 19.2 Å². The number of nitrogens with zero attached hydrogens (tertiary/aromatic N) is 2. The van der Waals surface area contributed by atoms with Crippen molar-refractivity contribution in [2.24, 2.45) is 5.92 Å². The van der Waals surface area contributed by atoms with E-state index in [9.17, 15) is 19.2 Å². The van der Waals surface area contributed by atoms with Crippen LogP contribution >= 0.6 is 0 Å². The highest BCUT2D eigenvalue weighted by atomic mass is 16.6. The van der Waals surface area contributed by atoms with Crippen molar-refractivity contribution < 1.29 is 38.1 Å². The Balaban J connectivity index is 2.02. The lowest BCUT2D eigenvalue weighted by molar-refractivity contribution is 0.0189. The molecule has 234 valence electrons. The lowest BCUT2D eigenvalue weighted by atomic mass is 9.79. The maximum absolute atomic E-state index is 13.8. The minimum atomic E-state index is -0.749. The van der Waals surface area contributed by atoms with Crippen molar-refractivity contribution >= 4 is 29.9 Å². The zero-order chi connectivity index (χ0) is 31.6. The molecule has 0 unspecified atom stereocenters. The van der Waals surface area contributed by atoms with E-state index in [4.69, 9.17) is 18.9 Å². The first kappa shape index (κ1) is 33.0. The summed E-state index contributed by atoms with van der Waals surface area (Å²) < 4.78 is 21.9. The number of methoxy groups -OCH3 is 1. The summed E-state index contributed by atoms with van der Waals surface area (Å²) in [5.41, 5.74) is -0.540. The Morgan fingerprint density at radius 2 is 1.48 bits per heavy atom. The van der Waals surface area contributed by atoms with E-state index >= 15 is 0 Å². The second-order valence-corrected chi connectivity index (χ2v) is 13.8. The molecule has 1 aromatic rings. The molecule has 3 rings (SSSR count).